The number of rotatable bonds is 32. The van der Waals surface area contributed by atoms with Gasteiger partial charge in [0.15, 0.2) is 0 Å². The van der Waals surface area contributed by atoms with Gasteiger partial charge in [-0.2, -0.15) is 0 Å². The molecule has 0 fully saturated rings. The number of ether oxygens (including phenoxy) is 9. The Bertz CT molecular complexity index is 342. The van der Waals surface area contributed by atoms with E-state index >= 15 is 0 Å². The first kappa shape index (κ1) is 35.9. The Balaban J connectivity index is 3.00. The van der Waals surface area contributed by atoms with E-state index in [1.165, 1.54) is 23.7 Å². The van der Waals surface area contributed by atoms with Gasteiger partial charge in [0.05, 0.1) is 112 Å². The normalized spacial score (nSPS) is 11.5. The first-order valence-electron chi connectivity index (χ1n) is 12.7. The maximum Gasteiger partial charge on any atom is 0.0701 e. The van der Waals surface area contributed by atoms with Crippen molar-refractivity contribution in [3.05, 3.63) is 0 Å². The zero-order valence-electron chi connectivity index (χ0n) is 21.4. The maximum atomic E-state index is 5.54. The summed E-state index contributed by atoms with van der Waals surface area (Å²) in [5, 5.41) is 0.845. The molecule has 0 aliphatic rings. The summed E-state index contributed by atoms with van der Waals surface area (Å²) in [7, 11) is 0. The summed E-state index contributed by atoms with van der Waals surface area (Å²) in [5.41, 5.74) is 0. The third-order valence-electron chi connectivity index (χ3n) is 4.37. The molecule has 0 unspecified atom stereocenters. The molecule has 0 rings (SSSR count). The molecule has 0 spiro atoms. The lowest BCUT2D eigenvalue weighted by Crippen LogP contribution is -2.15. The highest BCUT2D eigenvalue weighted by molar-refractivity contribution is 14.1. The summed E-state index contributed by atoms with van der Waals surface area (Å²) < 4.78 is 50.2. The van der Waals surface area contributed by atoms with Gasteiger partial charge in [-0.15, -0.1) is 0 Å². The minimum Gasteiger partial charge on any atom is -0.379 e. The van der Waals surface area contributed by atoms with Crippen molar-refractivity contribution in [2.75, 3.05) is 129 Å². The third-order valence-corrected chi connectivity index (χ3v) is 5.46. The van der Waals surface area contributed by atoms with Crippen LogP contribution >= 0.6 is 38.5 Å². The second-order valence-electron chi connectivity index (χ2n) is 7.30. The first-order valence-corrected chi connectivity index (χ1v) is 15.4. The van der Waals surface area contributed by atoms with Gasteiger partial charge in [0.2, 0.25) is 0 Å². The fraction of sp³-hybridized carbons (Fsp3) is 1.00. The number of unbranched alkanes of at least 4 members (excludes halogenated alkanes) is 3. The van der Waals surface area contributed by atoms with Crippen molar-refractivity contribution in [3.8, 4) is 0 Å². The van der Waals surface area contributed by atoms with Crippen LogP contribution in [0.2, 0.25) is 0 Å². The van der Waals surface area contributed by atoms with Gasteiger partial charge < -0.3 is 42.6 Å². The smallest absolute Gasteiger partial charge is 0.0701 e. The Labute approximate surface area is 234 Å². The Morgan fingerprint density at radius 1 is 0.314 bits per heavy atom. The molecule has 0 aromatic heterocycles. The minimum atomic E-state index is 0.539. The van der Waals surface area contributed by atoms with Gasteiger partial charge in [-0.3, -0.25) is 0 Å². The molecule has 9 nitrogen and oxygen atoms in total. The van der Waals surface area contributed by atoms with Crippen LogP contribution in [0.5, 0.6) is 0 Å². The predicted octanol–water partition coefficient (Wildman–Crippen LogP) is 3.53. The average molecular weight is 687 g/mol. The summed E-state index contributed by atoms with van der Waals surface area (Å²) in [4.78, 5) is 0. The van der Waals surface area contributed by atoms with Gasteiger partial charge in [0, 0.05) is 11.9 Å². The highest BCUT2D eigenvalue weighted by atomic mass is 127. The Morgan fingerprint density at radius 2 is 0.571 bits per heavy atom. The van der Waals surface area contributed by atoms with E-state index in [0.29, 0.717) is 112 Å². The van der Waals surface area contributed by atoms with Gasteiger partial charge in [-0.05, 0) is 17.3 Å². The summed E-state index contributed by atoms with van der Waals surface area (Å²) in [6.45, 7) is 10.6. The largest absolute Gasteiger partial charge is 0.379 e. The van der Waals surface area contributed by atoms with Gasteiger partial charge in [-0.25, -0.2) is 0 Å². The van der Waals surface area contributed by atoms with Crippen molar-refractivity contribution in [1.29, 1.82) is 0 Å². The minimum absolute atomic E-state index is 0.539. The molecule has 11 heteroatoms. The standard InChI is InChI=1S/C24H48BrIO9/c25-5-8-28-10-12-30-14-16-32-18-20-34-22-24-35-23-21-33-19-17-31-15-13-29-11-9-27-7-4-2-1-3-6-26/h1-24H2. The van der Waals surface area contributed by atoms with Crippen molar-refractivity contribution in [2.24, 2.45) is 0 Å². The molecule has 212 valence electrons. The Hall–Kier alpha value is 0.850. The highest BCUT2D eigenvalue weighted by Crippen LogP contribution is 2.02. The van der Waals surface area contributed by atoms with E-state index in [0.717, 1.165) is 18.4 Å². The number of alkyl halides is 2. The van der Waals surface area contributed by atoms with E-state index in [9.17, 15) is 0 Å². The molecule has 0 aliphatic carbocycles. The summed E-state index contributed by atoms with van der Waals surface area (Å²) in [6, 6.07) is 0. The molecule has 0 saturated carbocycles. The lowest BCUT2D eigenvalue weighted by atomic mass is 10.2. The lowest BCUT2D eigenvalue weighted by Gasteiger charge is -2.09. The zero-order chi connectivity index (χ0) is 25.3. The van der Waals surface area contributed by atoms with E-state index in [2.05, 4.69) is 38.5 Å². The molecule has 0 N–H and O–H groups in total. The molecular weight excluding hydrogens is 639 g/mol. The molecule has 0 saturated heterocycles. The van der Waals surface area contributed by atoms with E-state index in [-0.39, 0.29) is 0 Å². The second kappa shape index (κ2) is 34.9. The fourth-order valence-electron chi connectivity index (χ4n) is 2.57. The van der Waals surface area contributed by atoms with E-state index in [1.807, 2.05) is 0 Å². The molecule has 0 bridgehead atoms. The highest BCUT2D eigenvalue weighted by Gasteiger charge is 1.96. The van der Waals surface area contributed by atoms with Gasteiger partial charge in [0.1, 0.15) is 0 Å². The van der Waals surface area contributed by atoms with Crippen LogP contribution < -0.4 is 0 Å². The molecule has 0 atom stereocenters. The first-order chi connectivity index (χ1) is 17.4. The quantitative estimate of drug-likeness (QED) is 0.0600. The Morgan fingerprint density at radius 3 is 0.857 bits per heavy atom. The van der Waals surface area contributed by atoms with Crippen LogP contribution in [0.3, 0.4) is 0 Å². The summed E-state index contributed by atoms with van der Waals surface area (Å²) in [5.74, 6) is 0. The average Bonchev–Trinajstić information content (AvgIpc) is 2.87. The molecule has 35 heavy (non-hydrogen) atoms. The topological polar surface area (TPSA) is 83.1 Å². The van der Waals surface area contributed by atoms with Gasteiger partial charge in [-0.1, -0.05) is 51.4 Å². The summed E-state index contributed by atoms with van der Waals surface area (Å²) in [6.07, 6.45) is 5.00. The number of hydrogen-bond acceptors (Lipinski definition) is 9. The van der Waals surface area contributed by atoms with Crippen molar-refractivity contribution in [1.82, 2.24) is 0 Å². The molecule has 0 radical (unpaired) electrons. The van der Waals surface area contributed by atoms with Crippen LogP contribution in [0.25, 0.3) is 0 Å². The van der Waals surface area contributed by atoms with Crippen molar-refractivity contribution < 1.29 is 42.6 Å². The zero-order valence-corrected chi connectivity index (χ0v) is 25.1. The van der Waals surface area contributed by atoms with Crippen LogP contribution in [0.1, 0.15) is 25.7 Å². The SMILES string of the molecule is BrCCOCCOCCOCCOCCOCCOCCOCCOCCOCCCCCCI. The van der Waals surface area contributed by atoms with Crippen molar-refractivity contribution in [3.63, 3.8) is 0 Å². The van der Waals surface area contributed by atoms with Crippen molar-refractivity contribution >= 4 is 38.5 Å². The second-order valence-corrected chi connectivity index (χ2v) is 9.18. The molecular formula is C24H48BrIO9. The summed E-state index contributed by atoms with van der Waals surface area (Å²) >= 11 is 5.72. The Kier molecular flexibility index (Phi) is 35.7. The monoisotopic (exact) mass is 686 g/mol. The third kappa shape index (κ3) is 34.8. The fourth-order valence-corrected chi connectivity index (χ4v) is 3.34. The maximum absolute atomic E-state index is 5.54. The van der Waals surface area contributed by atoms with E-state index < -0.39 is 0 Å². The van der Waals surface area contributed by atoms with Gasteiger partial charge in [0.25, 0.3) is 0 Å². The van der Waals surface area contributed by atoms with Gasteiger partial charge >= 0.3 is 0 Å². The molecule has 0 aliphatic heterocycles. The number of hydrogen-bond donors (Lipinski definition) is 0. The molecule has 0 amide bonds. The van der Waals surface area contributed by atoms with Crippen LogP contribution in [-0.4, -0.2) is 129 Å². The van der Waals surface area contributed by atoms with Crippen LogP contribution in [0.15, 0.2) is 0 Å². The van der Waals surface area contributed by atoms with Crippen molar-refractivity contribution in [2.45, 2.75) is 25.7 Å². The number of halogens is 2. The lowest BCUT2D eigenvalue weighted by molar-refractivity contribution is -0.0248. The molecule has 0 aromatic carbocycles. The van der Waals surface area contributed by atoms with Crippen LogP contribution in [-0.2, 0) is 42.6 Å². The van der Waals surface area contributed by atoms with Crippen LogP contribution in [0.4, 0.5) is 0 Å². The van der Waals surface area contributed by atoms with E-state index in [4.69, 9.17) is 42.6 Å². The van der Waals surface area contributed by atoms with E-state index in [1.54, 1.807) is 0 Å². The predicted molar refractivity (Wildman–Crippen MR) is 149 cm³/mol. The van der Waals surface area contributed by atoms with Crippen LogP contribution in [0, 0.1) is 0 Å². The molecule has 0 heterocycles. The molecule has 0 aromatic rings.